The van der Waals surface area contributed by atoms with Gasteiger partial charge in [0.2, 0.25) is 0 Å². The molecule has 2 N–H and O–H groups in total. The van der Waals surface area contributed by atoms with Crippen LogP contribution in [0.2, 0.25) is 0 Å². The highest BCUT2D eigenvalue weighted by Gasteiger charge is 2.12. The standard InChI is InChI=1S/C17H19N5/c1-5-14(15-12-13-4-2-8-19-17(13)21-15)20-16(6-1)22-10-3-7-18-9-11-22/h1-2,4-6,8,12,18H,3,7,9-11H2,(H,19,21). The normalized spacial score (nSPS) is 15.9. The van der Waals surface area contributed by atoms with Crippen molar-refractivity contribution in [3.63, 3.8) is 0 Å². The zero-order valence-corrected chi connectivity index (χ0v) is 12.4. The number of hydrogen-bond donors (Lipinski definition) is 2. The van der Waals surface area contributed by atoms with E-state index >= 15 is 0 Å². The second-order valence-corrected chi connectivity index (χ2v) is 5.60. The summed E-state index contributed by atoms with van der Waals surface area (Å²) >= 11 is 0. The lowest BCUT2D eigenvalue weighted by molar-refractivity contribution is 0.724. The molecule has 4 heterocycles. The van der Waals surface area contributed by atoms with Gasteiger partial charge in [-0.05, 0) is 43.3 Å². The molecule has 0 radical (unpaired) electrons. The van der Waals surface area contributed by atoms with Gasteiger partial charge in [0.25, 0.3) is 0 Å². The van der Waals surface area contributed by atoms with E-state index in [4.69, 9.17) is 4.98 Å². The third kappa shape index (κ3) is 2.55. The number of H-pyrrole nitrogens is 1. The highest BCUT2D eigenvalue weighted by molar-refractivity contribution is 5.82. The average Bonchev–Trinajstić information content (AvgIpc) is 2.81. The van der Waals surface area contributed by atoms with Crippen LogP contribution in [0.1, 0.15) is 6.42 Å². The van der Waals surface area contributed by atoms with E-state index in [1.54, 1.807) is 6.20 Å². The maximum Gasteiger partial charge on any atom is 0.137 e. The van der Waals surface area contributed by atoms with Gasteiger partial charge in [0, 0.05) is 31.2 Å². The minimum Gasteiger partial charge on any atom is -0.355 e. The monoisotopic (exact) mass is 293 g/mol. The predicted molar refractivity (Wildman–Crippen MR) is 89.0 cm³/mol. The van der Waals surface area contributed by atoms with Crippen LogP contribution in [-0.2, 0) is 0 Å². The lowest BCUT2D eigenvalue weighted by Gasteiger charge is -2.21. The molecule has 0 unspecified atom stereocenters. The summed E-state index contributed by atoms with van der Waals surface area (Å²) in [6, 6.07) is 12.3. The molecule has 0 aromatic carbocycles. The topological polar surface area (TPSA) is 56.8 Å². The number of pyridine rings is 2. The molecule has 3 aromatic rings. The first-order valence-corrected chi connectivity index (χ1v) is 7.77. The Morgan fingerprint density at radius 2 is 2.05 bits per heavy atom. The SMILES string of the molecule is c1cc(-c2cc3cccnc3[nH]2)nc(N2CCCNCC2)c1. The van der Waals surface area contributed by atoms with Gasteiger partial charge >= 0.3 is 0 Å². The molecule has 1 aliphatic heterocycles. The molecular formula is C17H19N5. The fourth-order valence-corrected chi connectivity index (χ4v) is 2.92. The Balaban J connectivity index is 1.68. The molecule has 4 rings (SSSR count). The Hall–Kier alpha value is -2.40. The van der Waals surface area contributed by atoms with Crippen LogP contribution in [0, 0.1) is 0 Å². The van der Waals surface area contributed by atoms with Crippen LogP contribution < -0.4 is 10.2 Å². The molecule has 0 spiro atoms. The zero-order valence-electron chi connectivity index (χ0n) is 12.4. The van der Waals surface area contributed by atoms with Gasteiger partial charge < -0.3 is 15.2 Å². The second-order valence-electron chi connectivity index (χ2n) is 5.60. The summed E-state index contributed by atoms with van der Waals surface area (Å²) in [6.45, 7) is 4.16. The van der Waals surface area contributed by atoms with E-state index in [0.29, 0.717) is 0 Å². The van der Waals surface area contributed by atoms with Crippen molar-refractivity contribution in [3.8, 4) is 11.4 Å². The number of fused-ring (bicyclic) bond motifs is 1. The fourth-order valence-electron chi connectivity index (χ4n) is 2.92. The quantitative estimate of drug-likeness (QED) is 0.762. The van der Waals surface area contributed by atoms with Crippen LogP contribution in [0.15, 0.2) is 42.6 Å². The molecule has 1 saturated heterocycles. The molecule has 0 amide bonds. The third-order valence-corrected chi connectivity index (χ3v) is 4.07. The molecule has 5 nitrogen and oxygen atoms in total. The van der Waals surface area contributed by atoms with Gasteiger partial charge in [-0.15, -0.1) is 0 Å². The van der Waals surface area contributed by atoms with Gasteiger partial charge in [0.05, 0.1) is 11.4 Å². The van der Waals surface area contributed by atoms with Crippen molar-refractivity contribution in [2.75, 3.05) is 31.1 Å². The highest BCUT2D eigenvalue weighted by Crippen LogP contribution is 2.23. The first-order chi connectivity index (χ1) is 10.9. The van der Waals surface area contributed by atoms with Crippen LogP contribution in [0.5, 0.6) is 0 Å². The van der Waals surface area contributed by atoms with Crippen molar-refractivity contribution in [3.05, 3.63) is 42.6 Å². The molecule has 22 heavy (non-hydrogen) atoms. The van der Waals surface area contributed by atoms with Crippen LogP contribution in [0.3, 0.4) is 0 Å². The van der Waals surface area contributed by atoms with Crippen molar-refractivity contribution in [1.29, 1.82) is 0 Å². The summed E-state index contributed by atoms with van der Waals surface area (Å²) in [4.78, 5) is 14.9. The number of aromatic amines is 1. The Morgan fingerprint density at radius 3 is 3.00 bits per heavy atom. The second kappa shape index (κ2) is 5.77. The van der Waals surface area contributed by atoms with E-state index in [0.717, 1.165) is 60.8 Å². The van der Waals surface area contributed by atoms with Crippen LogP contribution in [-0.4, -0.2) is 41.1 Å². The van der Waals surface area contributed by atoms with Crippen molar-refractivity contribution in [1.82, 2.24) is 20.3 Å². The maximum atomic E-state index is 4.84. The Kier molecular flexibility index (Phi) is 3.48. The van der Waals surface area contributed by atoms with Gasteiger partial charge in [-0.3, -0.25) is 0 Å². The van der Waals surface area contributed by atoms with Gasteiger partial charge in [-0.2, -0.15) is 0 Å². The Bertz CT molecular complexity index is 738. The minimum atomic E-state index is 0.906. The molecule has 112 valence electrons. The number of anilines is 1. The third-order valence-electron chi connectivity index (χ3n) is 4.07. The average molecular weight is 293 g/mol. The van der Waals surface area contributed by atoms with Crippen molar-refractivity contribution >= 4 is 16.9 Å². The molecule has 0 saturated carbocycles. The molecule has 0 aliphatic carbocycles. The molecule has 3 aromatic heterocycles. The maximum absolute atomic E-state index is 4.84. The van der Waals surface area contributed by atoms with E-state index < -0.39 is 0 Å². The molecule has 1 aliphatic rings. The number of aromatic nitrogens is 3. The van der Waals surface area contributed by atoms with E-state index in [9.17, 15) is 0 Å². The Morgan fingerprint density at radius 1 is 1.05 bits per heavy atom. The van der Waals surface area contributed by atoms with Crippen molar-refractivity contribution in [2.24, 2.45) is 0 Å². The smallest absolute Gasteiger partial charge is 0.137 e. The summed E-state index contributed by atoms with van der Waals surface area (Å²) in [5, 5.41) is 4.54. The number of hydrogen-bond acceptors (Lipinski definition) is 4. The van der Waals surface area contributed by atoms with Gasteiger partial charge in [-0.25, -0.2) is 9.97 Å². The summed E-state index contributed by atoms with van der Waals surface area (Å²) in [6.07, 6.45) is 2.96. The molecule has 0 atom stereocenters. The molecule has 1 fully saturated rings. The van der Waals surface area contributed by atoms with E-state index in [1.807, 2.05) is 12.1 Å². The lowest BCUT2D eigenvalue weighted by Crippen LogP contribution is -2.28. The zero-order chi connectivity index (χ0) is 14.8. The lowest BCUT2D eigenvalue weighted by atomic mass is 10.2. The van der Waals surface area contributed by atoms with Crippen molar-refractivity contribution < 1.29 is 0 Å². The summed E-state index contributed by atoms with van der Waals surface area (Å²) < 4.78 is 0. The largest absolute Gasteiger partial charge is 0.355 e. The number of nitrogens with zero attached hydrogens (tertiary/aromatic N) is 3. The van der Waals surface area contributed by atoms with Crippen LogP contribution >= 0.6 is 0 Å². The first kappa shape index (κ1) is 13.3. The summed E-state index contributed by atoms with van der Waals surface area (Å²) in [5.41, 5.74) is 2.89. The van der Waals surface area contributed by atoms with E-state index in [-0.39, 0.29) is 0 Å². The number of rotatable bonds is 2. The van der Waals surface area contributed by atoms with E-state index in [2.05, 4.69) is 44.5 Å². The highest BCUT2D eigenvalue weighted by atomic mass is 15.2. The summed E-state index contributed by atoms with van der Waals surface area (Å²) in [7, 11) is 0. The van der Waals surface area contributed by atoms with Crippen LogP contribution in [0.25, 0.3) is 22.4 Å². The Labute approximate surface area is 129 Å². The predicted octanol–water partition coefficient (Wildman–Crippen LogP) is 2.42. The minimum absolute atomic E-state index is 0.906. The van der Waals surface area contributed by atoms with Gasteiger partial charge in [-0.1, -0.05) is 6.07 Å². The van der Waals surface area contributed by atoms with Crippen LogP contribution in [0.4, 0.5) is 5.82 Å². The molecule has 0 bridgehead atoms. The fraction of sp³-hybridized carbons (Fsp3) is 0.294. The summed E-state index contributed by atoms with van der Waals surface area (Å²) in [5.74, 6) is 1.05. The molecule has 5 heteroatoms. The number of nitrogens with one attached hydrogen (secondary N) is 2. The van der Waals surface area contributed by atoms with Gasteiger partial charge in [0.1, 0.15) is 11.5 Å². The van der Waals surface area contributed by atoms with Crippen molar-refractivity contribution in [2.45, 2.75) is 6.42 Å². The first-order valence-electron chi connectivity index (χ1n) is 7.77. The molecular weight excluding hydrogens is 274 g/mol. The van der Waals surface area contributed by atoms with E-state index in [1.165, 1.54) is 0 Å². The van der Waals surface area contributed by atoms with Gasteiger partial charge in [0.15, 0.2) is 0 Å².